The minimum atomic E-state index is -1.04. The van der Waals surface area contributed by atoms with Crippen LogP contribution in [0.4, 0.5) is 22.9 Å². The molecule has 6 aliphatic rings. The number of nitrogens with two attached hydrogens (primary N) is 1. The Morgan fingerprint density at radius 1 is 0.768 bits per heavy atom. The molecule has 6 aliphatic heterocycles. The molecular formula is C50H57N11O8. The molecule has 0 radical (unpaired) electrons. The van der Waals surface area contributed by atoms with Crippen molar-refractivity contribution in [2.75, 3.05) is 86.4 Å². The molecule has 5 fully saturated rings. The Bertz CT molecular complexity index is 2650. The number of imide groups is 2. The molecule has 1 aromatic heterocycles. The number of nitrogen functional groups attached to an aromatic ring is 1. The van der Waals surface area contributed by atoms with Crippen molar-refractivity contribution in [2.24, 2.45) is 0 Å². The number of piperazine rings is 2. The van der Waals surface area contributed by atoms with E-state index < -0.39 is 29.7 Å². The predicted octanol–water partition coefficient (Wildman–Crippen LogP) is 3.10. The number of carbonyl (C=O) groups excluding carboxylic acids is 6. The average Bonchev–Trinajstić information content (AvgIpc) is 3.78. The Balaban J connectivity index is 0.638. The van der Waals surface area contributed by atoms with Gasteiger partial charge in [-0.1, -0.05) is 24.3 Å². The number of carbonyl (C=O) groups is 6. The first-order chi connectivity index (χ1) is 33.5. The first-order valence-electron chi connectivity index (χ1n) is 24.1. The third kappa shape index (κ3) is 9.34. The monoisotopic (exact) mass is 939 g/mol. The highest BCUT2D eigenvalue weighted by molar-refractivity contribution is 6.25. The molecule has 6 amide bonds. The zero-order valence-electron chi connectivity index (χ0n) is 38.4. The highest BCUT2D eigenvalue weighted by Gasteiger charge is 2.46. The van der Waals surface area contributed by atoms with Crippen molar-refractivity contribution in [1.29, 1.82) is 0 Å². The number of hydrogen-bond acceptors (Lipinski definition) is 15. The average molecular weight is 940 g/mol. The number of nitrogens with one attached hydrogen (secondary N) is 2. The summed E-state index contributed by atoms with van der Waals surface area (Å²) in [5.41, 5.74) is 10.5. The second-order valence-electron chi connectivity index (χ2n) is 18.8. The number of aromatic nitrogens is 2. The zero-order valence-corrected chi connectivity index (χ0v) is 38.4. The number of piperidine rings is 2. The van der Waals surface area contributed by atoms with Crippen molar-refractivity contribution < 1.29 is 38.6 Å². The molecule has 0 aliphatic carbocycles. The Morgan fingerprint density at radius 2 is 1.46 bits per heavy atom. The quantitative estimate of drug-likeness (QED) is 0.141. The van der Waals surface area contributed by atoms with Gasteiger partial charge in [0.1, 0.15) is 24.1 Å². The fraction of sp³-hybridized carbons (Fsp3) is 0.440. The molecule has 5 saturated heterocycles. The van der Waals surface area contributed by atoms with Gasteiger partial charge in [0.15, 0.2) is 5.82 Å². The summed E-state index contributed by atoms with van der Waals surface area (Å²) < 4.78 is 6.29. The molecule has 0 saturated carbocycles. The van der Waals surface area contributed by atoms with Crippen LogP contribution in [0.2, 0.25) is 0 Å². The minimum absolute atomic E-state index is 0.0240. The lowest BCUT2D eigenvalue weighted by Crippen LogP contribution is -2.54. The van der Waals surface area contributed by atoms with Crippen LogP contribution in [0.3, 0.4) is 0 Å². The number of fused-ring (bicyclic) bond motifs is 3. The molecule has 360 valence electrons. The molecule has 3 unspecified atom stereocenters. The van der Waals surface area contributed by atoms with E-state index in [1.165, 1.54) is 0 Å². The van der Waals surface area contributed by atoms with Gasteiger partial charge in [-0.2, -0.15) is 0 Å². The van der Waals surface area contributed by atoms with E-state index in [0.717, 1.165) is 67.6 Å². The molecule has 3 aromatic carbocycles. The molecular weight excluding hydrogens is 883 g/mol. The number of likely N-dealkylation sites (tertiary alicyclic amines) is 1. The smallest absolute Gasteiger partial charge is 0.264 e. The van der Waals surface area contributed by atoms with E-state index in [2.05, 4.69) is 47.7 Å². The van der Waals surface area contributed by atoms with Gasteiger partial charge in [-0.05, 0) is 74.6 Å². The summed E-state index contributed by atoms with van der Waals surface area (Å²) in [4.78, 5) is 89.2. The third-order valence-electron chi connectivity index (χ3n) is 14.5. The number of anilines is 4. The Hall–Kier alpha value is -7.28. The second-order valence-corrected chi connectivity index (χ2v) is 18.8. The number of para-hydroxylation sites is 1. The standard InChI is InChI=1S/C50H57N11O8/c51-47-41(28-39(54-55-47)36-7-1-2-10-42(36)62)59-29-33-11-12-34(30-59)60(33)32-5-3-6-35(27-32)69-26-25-56-21-23-58(24-22-56)45(65)16-15-44(64)57-19-17-31(18-20-57)52-38-9-4-8-37-46(38)50(68)61(49(37)67)40-13-14-43(63)53-48(40)66/h1-10,27-28,31,33-34,40,52,62H,11-26,29-30H2,(H2,51,55)(H,53,63,66). The number of benzene rings is 3. The van der Waals surface area contributed by atoms with Gasteiger partial charge in [0, 0.05) is 119 Å². The molecule has 19 nitrogen and oxygen atoms in total. The first kappa shape index (κ1) is 45.5. The van der Waals surface area contributed by atoms with E-state index in [0.29, 0.717) is 68.4 Å². The number of hydrogen-bond donors (Lipinski definition) is 4. The molecule has 69 heavy (non-hydrogen) atoms. The van der Waals surface area contributed by atoms with Crippen molar-refractivity contribution in [3.05, 3.63) is 83.9 Å². The van der Waals surface area contributed by atoms with Gasteiger partial charge in [0.25, 0.3) is 11.8 Å². The van der Waals surface area contributed by atoms with E-state index in [1.807, 2.05) is 35.2 Å². The highest BCUT2D eigenvalue weighted by atomic mass is 16.5. The molecule has 5 N–H and O–H groups in total. The number of amides is 6. The van der Waals surface area contributed by atoms with Crippen LogP contribution in [-0.2, 0) is 19.2 Å². The van der Waals surface area contributed by atoms with Crippen molar-refractivity contribution in [3.63, 3.8) is 0 Å². The number of aromatic hydroxyl groups is 1. The van der Waals surface area contributed by atoms with E-state index in [1.54, 1.807) is 35.2 Å². The maximum Gasteiger partial charge on any atom is 0.264 e. The van der Waals surface area contributed by atoms with Crippen LogP contribution < -0.4 is 30.9 Å². The van der Waals surface area contributed by atoms with E-state index in [-0.39, 0.29) is 72.5 Å². The minimum Gasteiger partial charge on any atom is -0.507 e. The topological polar surface area (TPSA) is 227 Å². The van der Waals surface area contributed by atoms with Crippen LogP contribution >= 0.6 is 0 Å². The summed E-state index contributed by atoms with van der Waals surface area (Å²) in [6, 6.07) is 21.8. The fourth-order valence-corrected chi connectivity index (χ4v) is 10.9. The largest absolute Gasteiger partial charge is 0.507 e. The number of nitrogens with zero attached hydrogens (tertiary/aromatic N) is 8. The fourth-order valence-electron chi connectivity index (χ4n) is 10.9. The van der Waals surface area contributed by atoms with Crippen LogP contribution in [0.1, 0.15) is 72.1 Å². The Kier molecular flexibility index (Phi) is 12.8. The van der Waals surface area contributed by atoms with Gasteiger partial charge in [-0.25, -0.2) is 0 Å². The zero-order chi connectivity index (χ0) is 47.8. The van der Waals surface area contributed by atoms with Crippen molar-refractivity contribution in [2.45, 2.75) is 75.5 Å². The van der Waals surface area contributed by atoms with Gasteiger partial charge in [0.2, 0.25) is 23.6 Å². The number of phenolic OH excluding ortho intramolecular Hbond substituents is 1. The SMILES string of the molecule is Nc1nnc(-c2ccccc2O)cc1N1CC2CCC(C1)N2c1cccc(OCCN2CCN(C(=O)CCC(=O)N3CCC(Nc4cccc5c4C(=O)N(C4CCC(=O)NC4=O)C5=O)CC3)CC2)c1. The predicted molar refractivity (Wildman–Crippen MR) is 256 cm³/mol. The second kappa shape index (κ2) is 19.4. The molecule has 0 spiro atoms. The normalized spacial score (nSPS) is 22.0. The van der Waals surface area contributed by atoms with Crippen LogP contribution in [0.5, 0.6) is 11.5 Å². The first-order valence-corrected chi connectivity index (χ1v) is 24.1. The van der Waals surface area contributed by atoms with Crippen molar-refractivity contribution >= 4 is 58.3 Å². The van der Waals surface area contributed by atoms with Crippen LogP contribution in [-0.4, -0.2) is 160 Å². The van der Waals surface area contributed by atoms with E-state index >= 15 is 0 Å². The van der Waals surface area contributed by atoms with E-state index in [9.17, 15) is 33.9 Å². The Labute approximate surface area is 399 Å². The molecule has 10 rings (SSSR count). The lowest BCUT2D eigenvalue weighted by Gasteiger charge is -2.43. The lowest BCUT2D eigenvalue weighted by molar-refractivity contribution is -0.138. The molecule has 2 bridgehead atoms. The molecule has 7 heterocycles. The van der Waals surface area contributed by atoms with Crippen LogP contribution in [0.25, 0.3) is 11.3 Å². The van der Waals surface area contributed by atoms with Gasteiger partial charge in [-0.3, -0.25) is 43.9 Å². The highest BCUT2D eigenvalue weighted by Crippen LogP contribution is 2.40. The summed E-state index contributed by atoms with van der Waals surface area (Å²) >= 11 is 0. The summed E-state index contributed by atoms with van der Waals surface area (Å²) in [5, 5.41) is 24.6. The van der Waals surface area contributed by atoms with Crippen molar-refractivity contribution in [1.82, 2.24) is 35.1 Å². The summed E-state index contributed by atoms with van der Waals surface area (Å²) in [6.45, 7) is 6.42. The molecule has 19 heteroatoms. The third-order valence-corrected chi connectivity index (χ3v) is 14.5. The maximum absolute atomic E-state index is 13.5. The summed E-state index contributed by atoms with van der Waals surface area (Å²) in [7, 11) is 0. The maximum atomic E-state index is 13.5. The van der Waals surface area contributed by atoms with Gasteiger partial charge < -0.3 is 40.5 Å². The molecule has 4 aromatic rings. The van der Waals surface area contributed by atoms with Gasteiger partial charge >= 0.3 is 0 Å². The summed E-state index contributed by atoms with van der Waals surface area (Å²) in [5.74, 6) is -0.956. The van der Waals surface area contributed by atoms with Crippen LogP contribution in [0, 0.1) is 0 Å². The van der Waals surface area contributed by atoms with Gasteiger partial charge in [-0.15, -0.1) is 10.2 Å². The number of rotatable bonds is 13. The van der Waals surface area contributed by atoms with E-state index in [4.69, 9.17) is 10.5 Å². The van der Waals surface area contributed by atoms with Crippen molar-refractivity contribution in [3.8, 4) is 22.8 Å². The van der Waals surface area contributed by atoms with Crippen LogP contribution in [0.15, 0.2) is 72.8 Å². The number of ether oxygens (including phenoxy) is 1. The summed E-state index contributed by atoms with van der Waals surface area (Å²) in [6.07, 6.45) is 3.78. The molecule has 3 atom stereocenters. The lowest BCUT2D eigenvalue weighted by atomic mass is 10.0. The Morgan fingerprint density at radius 3 is 2.19 bits per heavy atom. The number of phenols is 1. The van der Waals surface area contributed by atoms with Gasteiger partial charge in [0.05, 0.1) is 22.5 Å².